The van der Waals surface area contributed by atoms with Gasteiger partial charge in [0.1, 0.15) is 10.8 Å². The van der Waals surface area contributed by atoms with E-state index in [4.69, 9.17) is 0 Å². The van der Waals surface area contributed by atoms with Gasteiger partial charge in [0, 0.05) is 11.4 Å². The van der Waals surface area contributed by atoms with Gasteiger partial charge in [0.25, 0.3) is 0 Å². The zero-order valence-corrected chi connectivity index (χ0v) is 12.6. The van der Waals surface area contributed by atoms with E-state index in [0.717, 1.165) is 0 Å². The molecule has 0 spiro atoms. The van der Waals surface area contributed by atoms with Crippen molar-refractivity contribution in [3.05, 3.63) is 0 Å². The molecule has 0 bridgehead atoms. The molecular formula is C11H20F5NOS. The Morgan fingerprint density at radius 2 is 1.26 bits per heavy atom. The minimum Gasteiger partial charge on any atom is -0.598 e. The summed E-state index contributed by atoms with van der Waals surface area (Å²) in [6, 6.07) is -2.28. The Balaban J connectivity index is 5.40. The molecule has 2 atom stereocenters. The SMILES string of the molecule is CC(C)(C)C(N[S@@+]([O-])C(C)(C)C)C(F)(F)C(F)(F)F. The Labute approximate surface area is 113 Å². The molecule has 0 saturated carbocycles. The number of nitrogens with one attached hydrogen (secondary N) is 1. The molecule has 0 aliphatic heterocycles. The monoisotopic (exact) mass is 309 g/mol. The molecule has 8 heteroatoms. The molecule has 0 aromatic heterocycles. The van der Waals surface area contributed by atoms with Crippen molar-refractivity contribution in [1.29, 1.82) is 0 Å². The number of alkyl halides is 5. The fourth-order valence-electron chi connectivity index (χ4n) is 1.24. The molecule has 0 aromatic rings. The molecule has 0 heterocycles. The van der Waals surface area contributed by atoms with Gasteiger partial charge in [-0.2, -0.15) is 22.0 Å². The number of hydrogen-bond donors (Lipinski definition) is 1. The zero-order chi connectivity index (χ0) is 15.9. The highest BCUT2D eigenvalue weighted by molar-refractivity contribution is 7.90. The number of hydrogen-bond acceptors (Lipinski definition) is 2. The first-order valence-electron chi connectivity index (χ1n) is 5.64. The second kappa shape index (κ2) is 5.37. The topological polar surface area (TPSA) is 35.1 Å². The average molecular weight is 309 g/mol. The molecule has 0 fully saturated rings. The van der Waals surface area contributed by atoms with Crippen LogP contribution in [0.4, 0.5) is 22.0 Å². The van der Waals surface area contributed by atoms with Crippen LogP contribution in [-0.4, -0.2) is 27.4 Å². The predicted octanol–water partition coefficient (Wildman–Crippen LogP) is 3.65. The summed E-state index contributed by atoms with van der Waals surface area (Å²) in [5.41, 5.74) is -1.42. The highest BCUT2D eigenvalue weighted by atomic mass is 32.2. The van der Waals surface area contributed by atoms with Crippen LogP contribution in [0.3, 0.4) is 0 Å². The van der Waals surface area contributed by atoms with Crippen LogP contribution in [0.2, 0.25) is 0 Å². The first-order valence-corrected chi connectivity index (χ1v) is 6.79. The molecule has 1 N–H and O–H groups in total. The van der Waals surface area contributed by atoms with Crippen LogP contribution < -0.4 is 4.72 Å². The van der Waals surface area contributed by atoms with Crippen LogP contribution in [0.5, 0.6) is 0 Å². The molecule has 0 aromatic carbocycles. The maximum Gasteiger partial charge on any atom is 0.455 e. The van der Waals surface area contributed by atoms with Gasteiger partial charge >= 0.3 is 12.1 Å². The minimum absolute atomic E-state index is 0.939. The van der Waals surface area contributed by atoms with E-state index in [1.54, 1.807) is 0 Å². The van der Waals surface area contributed by atoms with Gasteiger partial charge in [-0.3, -0.25) is 0 Å². The molecule has 0 rings (SSSR count). The largest absolute Gasteiger partial charge is 0.598 e. The number of rotatable bonds is 3. The van der Waals surface area contributed by atoms with Crippen molar-refractivity contribution in [1.82, 2.24) is 4.72 Å². The van der Waals surface area contributed by atoms with E-state index >= 15 is 0 Å². The van der Waals surface area contributed by atoms with Gasteiger partial charge in [0.15, 0.2) is 0 Å². The molecule has 0 amide bonds. The van der Waals surface area contributed by atoms with Crippen molar-refractivity contribution in [2.75, 3.05) is 0 Å². The Morgan fingerprint density at radius 1 is 0.895 bits per heavy atom. The van der Waals surface area contributed by atoms with Gasteiger partial charge in [0.05, 0.1) is 0 Å². The van der Waals surface area contributed by atoms with E-state index in [2.05, 4.69) is 0 Å². The lowest BCUT2D eigenvalue weighted by atomic mass is 9.83. The van der Waals surface area contributed by atoms with E-state index < -0.39 is 39.7 Å². The fourth-order valence-corrected chi connectivity index (χ4v) is 2.31. The highest BCUT2D eigenvalue weighted by Crippen LogP contribution is 2.44. The van der Waals surface area contributed by atoms with E-state index in [9.17, 15) is 26.5 Å². The Bertz CT molecular complexity index is 306. The van der Waals surface area contributed by atoms with E-state index in [-0.39, 0.29) is 0 Å². The second-order valence-corrected chi connectivity index (χ2v) is 8.42. The molecule has 116 valence electrons. The standard InChI is InChI=1S/C11H20F5NOS/c1-8(2,3)7(10(12,13)11(14,15)16)17-19(18)9(4,5)6/h7,17H,1-6H3/t7?,19-/m0/s1. The summed E-state index contributed by atoms with van der Waals surface area (Å²) in [7, 11) is 0. The Morgan fingerprint density at radius 3 is 1.47 bits per heavy atom. The van der Waals surface area contributed by atoms with E-state index in [0.29, 0.717) is 0 Å². The van der Waals surface area contributed by atoms with Crippen LogP contribution in [0.1, 0.15) is 41.5 Å². The highest BCUT2D eigenvalue weighted by Gasteiger charge is 2.66. The first kappa shape index (κ1) is 18.9. The van der Waals surface area contributed by atoms with E-state index in [1.165, 1.54) is 41.5 Å². The third kappa shape index (κ3) is 4.75. The predicted molar refractivity (Wildman–Crippen MR) is 65.3 cm³/mol. The molecule has 1 unspecified atom stereocenters. The third-order valence-corrected chi connectivity index (χ3v) is 3.95. The quantitative estimate of drug-likeness (QED) is 0.638. The van der Waals surface area contributed by atoms with Crippen molar-refractivity contribution in [3.8, 4) is 0 Å². The lowest BCUT2D eigenvalue weighted by Crippen LogP contribution is -2.62. The molecule has 2 nitrogen and oxygen atoms in total. The van der Waals surface area contributed by atoms with Gasteiger partial charge in [-0.15, -0.1) is 4.72 Å². The lowest BCUT2D eigenvalue weighted by Gasteiger charge is -2.39. The Kier molecular flexibility index (Phi) is 5.34. The van der Waals surface area contributed by atoms with Crippen molar-refractivity contribution in [2.24, 2.45) is 5.41 Å². The summed E-state index contributed by atoms with van der Waals surface area (Å²) in [5, 5.41) is 0. The van der Waals surface area contributed by atoms with Crippen LogP contribution in [0.25, 0.3) is 0 Å². The second-order valence-electron chi connectivity index (χ2n) is 6.42. The van der Waals surface area contributed by atoms with E-state index in [1.807, 2.05) is 4.72 Å². The Hall–Kier alpha value is -0.0800. The van der Waals surface area contributed by atoms with Crippen molar-refractivity contribution in [2.45, 2.75) is 64.4 Å². The van der Waals surface area contributed by atoms with Gasteiger partial charge < -0.3 is 4.55 Å². The average Bonchev–Trinajstić information content (AvgIpc) is 2.07. The lowest BCUT2D eigenvalue weighted by molar-refractivity contribution is -0.299. The van der Waals surface area contributed by atoms with Crippen molar-refractivity contribution < 1.29 is 26.5 Å². The molecular weight excluding hydrogens is 289 g/mol. The smallest absolute Gasteiger partial charge is 0.455 e. The molecule has 19 heavy (non-hydrogen) atoms. The maximum absolute atomic E-state index is 13.5. The van der Waals surface area contributed by atoms with Crippen LogP contribution in [0.15, 0.2) is 0 Å². The molecule has 0 aliphatic carbocycles. The molecule has 0 saturated heterocycles. The van der Waals surface area contributed by atoms with Crippen LogP contribution in [-0.2, 0) is 11.4 Å². The number of halogens is 5. The van der Waals surface area contributed by atoms with Crippen LogP contribution >= 0.6 is 0 Å². The third-order valence-electron chi connectivity index (χ3n) is 2.39. The van der Waals surface area contributed by atoms with Crippen LogP contribution in [0, 0.1) is 5.41 Å². The molecule has 0 aliphatic rings. The van der Waals surface area contributed by atoms with Gasteiger partial charge in [-0.05, 0) is 26.2 Å². The zero-order valence-electron chi connectivity index (χ0n) is 11.8. The summed E-state index contributed by atoms with van der Waals surface area (Å²) < 4.78 is 77.3. The summed E-state index contributed by atoms with van der Waals surface area (Å²) >= 11 is -2.03. The van der Waals surface area contributed by atoms with Crippen molar-refractivity contribution >= 4 is 11.4 Å². The summed E-state index contributed by atoms with van der Waals surface area (Å²) in [4.78, 5) is 0. The summed E-state index contributed by atoms with van der Waals surface area (Å²) in [5.74, 6) is -4.97. The van der Waals surface area contributed by atoms with Gasteiger partial charge in [-0.25, -0.2) is 0 Å². The summed E-state index contributed by atoms with van der Waals surface area (Å²) in [6.07, 6.45) is -5.69. The molecule has 0 radical (unpaired) electrons. The maximum atomic E-state index is 13.5. The fraction of sp³-hybridized carbons (Fsp3) is 1.00. The first-order chi connectivity index (χ1) is 8.01. The normalized spacial score (nSPS) is 18.3. The van der Waals surface area contributed by atoms with Gasteiger partial charge in [0.2, 0.25) is 0 Å². The van der Waals surface area contributed by atoms with Gasteiger partial charge in [-0.1, -0.05) is 20.8 Å². The minimum atomic E-state index is -5.69. The summed E-state index contributed by atoms with van der Waals surface area (Å²) in [6.45, 7) is 8.18. The van der Waals surface area contributed by atoms with Crippen molar-refractivity contribution in [3.63, 3.8) is 0 Å².